The van der Waals surface area contributed by atoms with Crippen molar-refractivity contribution < 1.29 is 9.72 Å². The van der Waals surface area contributed by atoms with Crippen LogP contribution in [0.2, 0.25) is 0 Å². The second-order valence-corrected chi connectivity index (χ2v) is 4.41. The average Bonchev–Trinajstić information content (AvgIpc) is 2.54. The van der Waals surface area contributed by atoms with Gasteiger partial charge < -0.3 is 5.32 Å². The fourth-order valence-corrected chi connectivity index (χ4v) is 1.62. The highest BCUT2D eigenvalue weighted by Crippen LogP contribution is 2.15. The Bertz CT molecular complexity index is 684. The molecule has 112 valence electrons. The van der Waals surface area contributed by atoms with Crippen LogP contribution in [-0.4, -0.2) is 29.2 Å². The van der Waals surface area contributed by atoms with Gasteiger partial charge in [-0.25, -0.2) is 9.80 Å². The lowest BCUT2D eigenvalue weighted by Crippen LogP contribution is -2.26. The van der Waals surface area contributed by atoms with E-state index in [-0.39, 0.29) is 5.69 Å². The molecule has 0 heterocycles. The molecule has 1 N–H and O–H groups in total. The molecule has 0 radical (unpaired) electrons. The van der Waals surface area contributed by atoms with Crippen LogP contribution in [-0.2, 0) is 0 Å². The number of benzene rings is 2. The summed E-state index contributed by atoms with van der Waals surface area (Å²) < 4.78 is 0. The van der Waals surface area contributed by atoms with Crippen molar-refractivity contribution in [3.8, 4) is 0 Å². The number of non-ortho nitro benzene ring substituents is 1. The van der Waals surface area contributed by atoms with E-state index in [0.717, 1.165) is 10.6 Å². The van der Waals surface area contributed by atoms with E-state index in [1.165, 1.54) is 31.3 Å². The van der Waals surface area contributed by atoms with Gasteiger partial charge in [0.1, 0.15) is 0 Å². The smallest absolute Gasteiger partial charge is 0.306 e. The lowest BCUT2D eigenvalue weighted by atomic mass is 10.2. The Morgan fingerprint density at radius 2 is 1.82 bits per heavy atom. The average molecular weight is 298 g/mol. The Kier molecular flexibility index (Phi) is 4.81. The fourth-order valence-electron chi connectivity index (χ4n) is 1.62. The van der Waals surface area contributed by atoms with Gasteiger partial charge in [-0.05, 0) is 17.7 Å². The summed E-state index contributed by atoms with van der Waals surface area (Å²) in [6, 6.07) is 14.5. The summed E-state index contributed by atoms with van der Waals surface area (Å²) in [7, 11) is 1.51. The Balaban J connectivity index is 1.96. The molecule has 0 unspecified atom stereocenters. The zero-order valence-electron chi connectivity index (χ0n) is 11.8. The predicted molar refractivity (Wildman–Crippen MR) is 83.9 cm³/mol. The molecule has 0 saturated carbocycles. The van der Waals surface area contributed by atoms with E-state index >= 15 is 0 Å². The maximum absolute atomic E-state index is 11.9. The van der Waals surface area contributed by atoms with Crippen LogP contribution in [0.25, 0.3) is 0 Å². The first-order valence-corrected chi connectivity index (χ1v) is 6.44. The minimum Gasteiger partial charge on any atom is -0.306 e. The molecule has 7 heteroatoms. The van der Waals surface area contributed by atoms with Crippen LogP contribution >= 0.6 is 0 Å². The van der Waals surface area contributed by atoms with Crippen LogP contribution in [0.3, 0.4) is 0 Å². The number of hydrazone groups is 1. The second kappa shape index (κ2) is 6.98. The van der Waals surface area contributed by atoms with Gasteiger partial charge in [0.15, 0.2) is 0 Å². The molecule has 7 nitrogen and oxygen atoms in total. The van der Waals surface area contributed by atoms with E-state index in [4.69, 9.17) is 0 Å². The van der Waals surface area contributed by atoms with Crippen LogP contribution in [0, 0.1) is 10.1 Å². The number of nitrogens with one attached hydrogen (secondary N) is 1. The SMILES string of the molecule is CN(/N=C/c1ccccc1)C(=O)Nc1ccc([N+](=O)[O-])cc1. The van der Waals surface area contributed by atoms with Gasteiger partial charge >= 0.3 is 6.03 Å². The highest BCUT2D eigenvalue weighted by atomic mass is 16.6. The molecule has 2 amide bonds. The van der Waals surface area contributed by atoms with Crippen LogP contribution < -0.4 is 5.32 Å². The standard InChI is InChI=1S/C15H14N4O3/c1-18(16-11-12-5-3-2-4-6-12)15(20)17-13-7-9-14(10-8-13)19(21)22/h2-11H,1H3,(H,17,20)/b16-11+. The largest absolute Gasteiger partial charge is 0.341 e. The molecule has 0 aromatic heterocycles. The number of amides is 2. The van der Waals surface area contributed by atoms with Crippen molar-refractivity contribution in [1.29, 1.82) is 0 Å². The van der Waals surface area contributed by atoms with Crippen molar-refractivity contribution in [2.24, 2.45) is 5.10 Å². The van der Waals surface area contributed by atoms with Crippen LogP contribution in [0.5, 0.6) is 0 Å². The zero-order valence-corrected chi connectivity index (χ0v) is 11.8. The zero-order chi connectivity index (χ0) is 15.9. The maximum atomic E-state index is 11.9. The van der Waals surface area contributed by atoms with E-state index in [1.54, 1.807) is 6.21 Å². The van der Waals surface area contributed by atoms with Gasteiger partial charge in [-0.1, -0.05) is 30.3 Å². The monoisotopic (exact) mass is 298 g/mol. The summed E-state index contributed by atoms with van der Waals surface area (Å²) in [6.45, 7) is 0. The van der Waals surface area contributed by atoms with E-state index < -0.39 is 11.0 Å². The first kappa shape index (κ1) is 15.2. The Morgan fingerprint density at radius 3 is 2.41 bits per heavy atom. The summed E-state index contributed by atoms with van der Waals surface area (Å²) >= 11 is 0. The Morgan fingerprint density at radius 1 is 1.18 bits per heavy atom. The van der Waals surface area contributed by atoms with Crippen molar-refractivity contribution in [1.82, 2.24) is 5.01 Å². The van der Waals surface area contributed by atoms with Gasteiger partial charge in [0.05, 0.1) is 11.1 Å². The number of nitrogens with zero attached hydrogens (tertiary/aromatic N) is 3. The third kappa shape index (κ3) is 4.14. The van der Waals surface area contributed by atoms with Gasteiger partial charge in [0.2, 0.25) is 0 Å². The minimum absolute atomic E-state index is 0.0338. The molecule has 0 aliphatic carbocycles. The van der Waals surface area contributed by atoms with Gasteiger partial charge in [-0.15, -0.1) is 0 Å². The van der Waals surface area contributed by atoms with Crippen molar-refractivity contribution in [2.75, 3.05) is 12.4 Å². The lowest BCUT2D eigenvalue weighted by molar-refractivity contribution is -0.384. The number of nitro benzene ring substituents is 1. The van der Waals surface area contributed by atoms with E-state index in [2.05, 4.69) is 10.4 Å². The predicted octanol–water partition coefficient (Wildman–Crippen LogP) is 3.09. The van der Waals surface area contributed by atoms with E-state index in [1.807, 2.05) is 30.3 Å². The first-order valence-electron chi connectivity index (χ1n) is 6.44. The molecule has 0 aliphatic rings. The van der Waals surface area contributed by atoms with Crippen molar-refractivity contribution >= 4 is 23.6 Å². The summed E-state index contributed by atoms with van der Waals surface area (Å²) in [5, 5.41) is 18.3. The highest BCUT2D eigenvalue weighted by molar-refractivity contribution is 5.90. The molecule has 0 fully saturated rings. The normalized spacial score (nSPS) is 10.4. The number of nitro groups is 1. The van der Waals surface area contributed by atoms with Crippen LogP contribution in [0.1, 0.15) is 5.56 Å². The first-order chi connectivity index (χ1) is 10.6. The van der Waals surface area contributed by atoms with E-state index in [9.17, 15) is 14.9 Å². The summed E-state index contributed by atoms with van der Waals surface area (Å²) in [5.41, 5.74) is 1.29. The number of hydrogen-bond acceptors (Lipinski definition) is 4. The second-order valence-electron chi connectivity index (χ2n) is 4.41. The molecule has 0 bridgehead atoms. The molecule has 2 aromatic carbocycles. The third-order valence-corrected chi connectivity index (χ3v) is 2.80. The number of anilines is 1. The third-order valence-electron chi connectivity index (χ3n) is 2.80. The Hall–Kier alpha value is -3.22. The van der Waals surface area contributed by atoms with Crippen molar-refractivity contribution in [2.45, 2.75) is 0 Å². The van der Waals surface area contributed by atoms with Gasteiger partial charge in [0, 0.05) is 24.9 Å². The van der Waals surface area contributed by atoms with Crippen molar-refractivity contribution in [3.63, 3.8) is 0 Å². The van der Waals surface area contributed by atoms with E-state index in [0.29, 0.717) is 5.69 Å². The van der Waals surface area contributed by atoms with Crippen LogP contribution in [0.4, 0.5) is 16.2 Å². The molecule has 2 aromatic rings. The summed E-state index contributed by atoms with van der Waals surface area (Å²) in [4.78, 5) is 22.0. The maximum Gasteiger partial charge on any atom is 0.341 e. The number of carbonyl (C=O) groups excluding carboxylic acids is 1. The topological polar surface area (TPSA) is 87.8 Å². The van der Waals surface area contributed by atoms with Crippen molar-refractivity contribution in [3.05, 3.63) is 70.3 Å². The fraction of sp³-hybridized carbons (Fsp3) is 0.0667. The molecule has 0 spiro atoms. The van der Waals surface area contributed by atoms with Gasteiger partial charge in [0.25, 0.3) is 5.69 Å². The number of carbonyl (C=O) groups is 1. The van der Waals surface area contributed by atoms with Gasteiger partial charge in [-0.3, -0.25) is 10.1 Å². The highest BCUT2D eigenvalue weighted by Gasteiger charge is 2.09. The molecule has 0 atom stereocenters. The molecular formula is C15H14N4O3. The number of urea groups is 1. The van der Waals surface area contributed by atoms with Gasteiger partial charge in [-0.2, -0.15) is 5.10 Å². The summed E-state index contributed by atoms with van der Waals surface area (Å²) in [5.74, 6) is 0. The number of hydrogen-bond donors (Lipinski definition) is 1. The molecular weight excluding hydrogens is 284 g/mol. The summed E-state index contributed by atoms with van der Waals surface area (Å²) in [6.07, 6.45) is 1.56. The number of rotatable bonds is 4. The van der Waals surface area contributed by atoms with Crippen LogP contribution in [0.15, 0.2) is 59.7 Å². The molecule has 2 rings (SSSR count). The molecule has 22 heavy (non-hydrogen) atoms. The molecule has 0 saturated heterocycles. The molecule has 0 aliphatic heterocycles. The Labute approximate surface area is 127 Å². The quantitative estimate of drug-likeness (QED) is 0.534. The lowest BCUT2D eigenvalue weighted by Gasteiger charge is -2.12. The minimum atomic E-state index is -0.498.